The van der Waals surface area contributed by atoms with Gasteiger partial charge in [-0.25, -0.2) is 10.1 Å². The number of hydroxylamine groups is 4. The van der Waals surface area contributed by atoms with Crippen molar-refractivity contribution in [3.05, 3.63) is 0 Å². The fraction of sp³-hybridized carbons (Fsp3) is 0.786. The van der Waals surface area contributed by atoms with E-state index in [-0.39, 0.29) is 95.2 Å². The number of carbonyl (C=O) groups excluding carboxylic acids is 6. The molecule has 1 unspecified atom stereocenters. The molecule has 0 aromatic heterocycles. The predicted octanol–water partition coefficient (Wildman–Crippen LogP) is 0.953. The molecule has 0 bridgehead atoms. The molecule has 0 saturated carbocycles. The van der Waals surface area contributed by atoms with Gasteiger partial charge in [-0.1, -0.05) is 12.8 Å². The van der Waals surface area contributed by atoms with Gasteiger partial charge in [-0.3, -0.25) is 39.2 Å². The Hall–Kier alpha value is -2.48. The van der Waals surface area contributed by atoms with E-state index in [1.54, 1.807) is 0 Å². The van der Waals surface area contributed by atoms with Crippen molar-refractivity contribution in [1.82, 2.24) is 26.1 Å². The standard InChI is InChI=1S/C28H49N5O9.Zn/c34-22-10-4-1-5-17-30-25(37)13-15-27(39)33(42)21-9-3-7-19-31-26(38)14-16-28(40)32(41)20-8-2-6-18-29-24(36)12-11-23(22)35;/h22,34,41-42H,1-21H2,(H,29,36)(H,30,37)(H,31,38);. The maximum absolute atomic E-state index is 12.1. The van der Waals surface area contributed by atoms with Crippen LogP contribution in [0.25, 0.3) is 0 Å². The van der Waals surface area contributed by atoms with Crippen LogP contribution >= 0.6 is 0 Å². The largest absolute Gasteiger partial charge is 0.385 e. The van der Waals surface area contributed by atoms with E-state index < -0.39 is 23.7 Å². The summed E-state index contributed by atoms with van der Waals surface area (Å²) in [5.41, 5.74) is 0. The summed E-state index contributed by atoms with van der Waals surface area (Å²) < 4.78 is 0. The minimum Gasteiger partial charge on any atom is -0.385 e. The first-order valence-corrected chi connectivity index (χ1v) is 15.1. The molecule has 0 aromatic carbocycles. The molecule has 5 amide bonds. The van der Waals surface area contributed by atoms with Crippen LogP contribution in [0, 0.1) is 0 Å². The summed E-state index contributed by atoms with van der Waals surface area (Å²) in [5.74, 6) is -2.43. The molecule has 15 heteroatoms. The number of amides is 5. The van der Waals surface area contributed by atoms with Crippen LogP contribution in [-0.2, 0) is 48.2 Å². The zero-order valence-corrected chi connectivity index (χ0v) is 28.3. The van der Waals surface area contributed by atoms with E-state index in [9.17, 15) is 44.3 Å². The van der Waals surface area contributed by atoms with E-state index in [0.29, 0.717) is 87.5 Å². The van der Waals surface area contributed by atoms with Crippen LogP contribution in [0.2, 0.25) is 0 Å². The Morgan fingerprint density at radius 2 is 0.884 bits per heavy atom. The van der Waals surface area contributed by atoms with Crippen molar-refractivity contribution in [1.29, 1.82) is 0 Å². The zero-order valence-electron chi connectivity index (χ0n) is 25.3. The van der Waals surface area contributed by atoms with Gasteiger partial charge in [0.1, 0.15) is 6.10 Å². The Labute approximate surface area is 266 Å². The molecule has 1 aliphatic heterocycles. The summed E-state index contributed by atoms with van der Waals surface area (Å²) in [4.78, 5) is 72.1. The van der Waals surface area contributed by atoms with Gasteiger partial charge in [0.05, 0.1) is 0 Å². The smallest absolute Gasteiger partial charge is 0.246 e. The molecule has 1 rings (SSSR count). The normalized spacial score (nSPS) is 22.5. The minimum atomic E-state index is -1.14. The number of nitrogens with zero attached hydrogens (tertiary/aromatic N) is 2. The number of hydrogen-bond donors (Lipinski definition) is 6. The van der Waals surface area contributed by atoms with Gasteiger partial charge in [-0.2, -0.15) is 0 Å². The molecule has 1 saturated heterocycles. The third-order valence-corrected chi connectivity index (χ3v) is 6.89. The van der Waals surface area contributed by atoms with E-state index in [1.807, 2.05) is 0 Å². The fourth-order valence-electron chi connectivity index (χ4n) is 4.23. The minimum absolute atomic E-state index is 0. The van der Waals surface area contributed by atoms with Crippen LogP contribution in [0.15, 0.2) is 0 Å². The van der Waals surface area contributed by atoms with Crippen molar-refractivity contribution in [2.75, 3.05) is 32.7 Å². The third kappa shape index (κ3) is 21.0. The molecule has 242 valence electrons. The van der Waals surface area contributed by atoms with E-state index >= 15 is 0 Å². The monoisotopic (exact) mass is 663 g/mol. The Balaban J connectivity index is 0.0000176. The summed E-state index contributed by atoms with van der Waals surface area (Å²) in [5, 5.41) is 39.2. The number of hydrogen-bond acceptors (Lipinski definition) is 9. The zero-order chi connectivity index (χ0) is 31.2. The molecule has 0 spiro atoms. The molecule has 6 N–H and O–H groups in total. The maximum atomic E-state index is 12.1. The second-order valence-corrected chi connectivity index (χ2v) is 10.5. The summed E-state index contributed by atoms with van der Waals surface area (Å²) >= 11 is 0. The average Bonchev–Trinajstić information content (AvgIpc) is 2.97. The number of carbonyl (C=O) groups is 6. The van der Waals surface area contributed by atoms with Crippen molar-refractivity contribution >= 4 is 35.3 Å². The fourth-order valence-corrected chi connectivity index (χ4v) is 4.23. The Bertz CT molecular complexity index is 768. The van der Waals surface area contributed by atoms with Crippen LogP contribution < -0.4 is 16.0 Å². The molecule has 0 aromatic rings. The molecular weight excluding hydrogens is 616 g/mol. The second-order valence-electron chi connectivity index (χ2n) is 10.5. The van der Waals surface area contributed by atoms with Crippen LogP contribution in [0.5, 0.6) is 0 Å². The molecule has 1 heterocycles. The van der Waals surface area contributed by atoms with Gasteiger partial charge >= 0.3 is 0 Å². The van der Waals surface area contributed by atoms with Crippen LogP contribution in [0.3, 0.4) is 0 Å². The summed E-state index contributed by atoms with van der Waals surface area (Å²) in [6.07, 6.45) is 4.12. The molecule has 14 nitrogen and oxygen atoms in total. The molecule has 0 radical (unpaired) electrons. The molecule has 0 aliphatic carbocycles. The molecule has 1 fully saturated rings. The maximum Gasteiger partial charge on any atom is 0.246 e. The number of aliphatic hydroxyl groups excluding tert-OH is 1. The summed E-state index contributed by atoms with van der Waals surface area (Å²) in [7, 11) is 0. The summed E-state index contributed by atoms with van der Waals surface area (Å²) in [6, 6.07) is 0. The average molecular weight is 665 g/mol. The van der Waals surface area contributed by atoms with Crippen molar-refractivity contribution in [3.63, 3.8) is 0 Å². The van der Waals surface area contributed by atoms with Gasteiger partial charge in [0.15, 0.2) is 5.78 Å². The Morgan fingerprint density at radius 3 is 1.30 bits per heavy atom. The third-order valence-electron chi connectivity index (χ3n) is 6.89. The topological polar surface area (TPSA) is 206 Å². The molecule has 43 heavy (non-hydrogen) atoms. The quantitative estimate of drug-likeness (QED) is 0.161. The van der Waals surface area contributed by atoms with Gasteiger partial charge in [-0.05, 0) is 51.4 Å². The number of Topliss-reactive ketones (excluding diaryl/α,β-unsaturated/α-hetero) is 1. The number of ketones is 1. The molecular formula is C28H49N5O9Zn. The van der Waals surface area contributed by atoms with Crippen LogP contribution in [0.4, 0.5) is 0 Å². The van der Waals surface area contributed by atoms with Crippen LogP contribution in [0.1, 0.15) is 103 Å². The van der Waals surface area contributed by atoms with Crippen LogP contribution in [-0.4, -0.2) is 99.8 Å². The van der Waals surface area contributed by atoms with Crippen molar-refractivity contribution in [3.8, 4) is 0 Å². The number of rotatable bonds is 0. The van der Waals surface area contributed by atoms with Crippen molar-refractivity contribution in [2.24, 2.45) is 0 Å². The number of nitrogens with one attached hydrogen (secondary N) is 3. The first-order valence-electron chi connectivity index (χ1n) is 15.1. The Morgan fingerprint density at radius 1 is 0.512 bits per heavy atom. The number of aliphatic hydroxyl groups is 1. The van der Waals surface area contributed by atoms with Gasteiger partial charge in [0.2, 0.25) is 29.5 Å². The van der Waals surface area contributed by atoms with Gasteiger partial charge < -0.3 is 21.1 Å². The first-order chi connectivity index (χ1) is 20.1. The van der Waals surface area contributed by atoms with E-state index in [0.717, 1.165) is 0 Å². The van der Waals surface area contributed by atoms with E-state index in [2.05, 4.69) is 16.0 Å². The van der Waals surface area contributed by atoms with Gasteiger partial charge in [0.25, 0.3) is 0 Å². The first kappa shape index (κ1) is 40.5. The van der Waals surface area contributed by atoms with Gasteiger partial charge in [-0.15, -0.1) is 0 Å². The Kier molecular flexibility index (Phi) is 23.5. The van der Waals surface area contributed by atoms with Crippen molar-refractivity contribution < 1.29 is 63.8 Å². The second kappa shape index (κ2) is 24.9. The molecule has 1 aliphatic rings. The van der Waals surface area contributed by atoms with E-state index in [4.69, 9.17) is 0 Å². The predicted molar refractivity (Wildman–Crippen MR) is 151 cm³/mol. The molecule has 1 atom stereocenters. The van der Waals surface area contributed by atoms with E-state index in [1.165, 1.54) is 0 Å². The van der Waals surface area contributed by atoms with Crippen molar-refractivity contribution in [2.45, 2.75) is 109 Å². The summed E-state index contributed by atoms with van der Waals surface area (Å²) in [6.45, 7) is 1.38. The van der Waals surface area contributed by atoms with Gasteiger partial charge in [0, 0.05) is 90.7 Å². The SMILES string of the molecule is O=C1CCC(=O)C(O)CCCCCNC(=O)CCC(=O)N(O)CCCCCNC(=O)CCC(=O)N(O)CCCCCN1.[Zn].